The lowest BCUT2D eigenvalue weighted by Gasteiger charge is -2.29. The number of nitrogens with zero attached hydrogens (tertiary/aromatic N) is 4. The highest BCUT2D eigenvalue weighted by Crippen LogP contribution is 2.31. The van der Waals surface area contributed by atoms with Crippen LogP contribution in [0.5, 0.6) is 0 Å². The Morgan fingerprint density at radius 3 is 2.58 bits per heavy atom. The van der Waals surface area contributed by atoms with Crippen molar-refractivity contribution < 1.29 is 18.7 Å². The second kappa shape index (κ2) is 9.55. The molecule has 36 heavy (non-hydrogen) atoms. The van der Waals surface area contributed by atoms with E-state index in [4.69, 9.17) is 24.0 Å². The summed E-state index contributed by atoms with van der Waals surface area (Å²) in [5.41, 5.74) is 5.53. The number of anilines is 1. The number of benzene rings is 1. The number of aryl methyl sites for hydroxylation is 1. The van der Waals surface area contributed by atoms with E-state index in [9.17, 15) is 4.79 Å². The molecule has 3 aromatic heterocycles. The molecule has 1 aliphatic heterocycles. The first-order valence-electron chi connectivity index (χ1n) is 12.4. The Labute approximate surface area is 211 Å². The number of carbonyl (C=O) groups is 1. The summed E-state index contributed by atoms with van der Waals surface area (Å²) in [6, 6.07) is 13.8. The van der Waals surface area contributed by atoms with Gasteiger partial charge in [0.15, 0.2) is 17.1 Å². The fourth-order valence-electron chi connectivity index (χ4n) is 4.36. The van der Waals surface area contributed by atoms with Gasteiger partial charge in [-0.05, 0) is 26.0 Å². The van der Waals surface area contributed by atoms with Crippen LogP contribution in [0.2, 0.25) is 19.6 Å². The van der Waals surface area contributed by atoms with Gasteiger partial charge in [0, 0.05) is 30.8 Å². The van der Waals surface area contributed by atoms with Crippen LogP contribution in [0.1, 0.15) is 23.0 Å². The van der Waals surface area contributed by atoms with Gasteiger partial charge in [0.05, 0.1) is 36.6 Å². The molecule has 0 N–H and O–H groups in total. The molecular weight excluding hydrogens is 472 g/mol. The Kier molecular flexibility index (Phi) is 6.44. The minimum absolute atomic E-state index is 0.274. The van der Waals surface area contributed by atoms with Gasteiger partial charge in [0.1, 0.15) is 13.6 Å². The summed E-state index contributed by atoms with van der Waals surface area (Å²) in [4.78, 5) is 20.2. The molecule has 4 heterocycles. The van der Waals surface area contributed by atoms with Gasteiger partial charge in [-0.1, -0.05) is 43.4 Å². The van der Waals surface area contributed by atoms with Crippen molar-refractivity contribution in [3.8, 4) is 17.1 Å². The molecule has 0 bridgehead atoms. The van der Waals surface area contributed by atoms with Crippen molar-refractivity contribution in [3.05, 3.63) is 53.7 Å². The molecule has 0 amide bonds. The highest BCUT2D eigenvalue weighted by atomic mass is 28.3. The van der Waals surface area contributed by atoms with E-state index in [-0.39, 0.29) is 6.61 Å². The maximum Gasteiger partial charge on any atom is 0.357 e. The number of hydrogen-bond acceptors (Lipinski definition) is 7. The summed E-state index contributed by atoms with van der Waals surface area (Å²) in [6.45, 7) is 13.6. The molecule has 8 nitrogen and oxygen atoms in total. The number of rotatable bonds is 6. The molecule has 0 aliphatic carbocycles. The van der Waals surface area contributed by atoms with E-state index < -0.39 is 14.0 Å². The van der Waals surface area contributed by atoms with E-state index in [1.54, 1.807) is 17.7 Å². The van der Waals surface area contributed by atoms with Crippen LogP contribution in [0.3, 0.4) is 0 Å². The normalized spacial score (nSPS) is 14.4. The van der Waals surface area contributed by atoms with Crippen LogP contribution in [0.15, 0.2) is 46.9 Å². The number of morpholine rings is 1. The third kappa shape index (κ3) is 4.68. The molecule has 188 valence electrons. The van der Waals surface area contributed by atoms with Gasteiger partial charge in [-0.2, -0.15) is 5.10 Å². The van der Waals surface area contributed by atoms with E-state index in [1.807, 2.05) is 43.3 Å². The molecular formula is C27H32N4O4Si. The van der Waals surface area contributed by atoms with Crippen molar-refractivity contribution in [3.63, 3.8) is 0 Å². The number of hydrogen-bond donors (Lipinski definition) is 0. The van der Waals surface area contributed by atoms with Crippen molar-refractivity contribution in [1.82, 2.24) is 14.8 Å². The SMILES string of the molecule is CCOC(=O)c1cc(-c2cccc(C)c2)nn1-c1cc(N2CCOCC2)c2oc([Si](C)(C)C)cc2n1. The minimum Gasteiger partial charge on any atom is -0.462 e. The van der Waals surface area contributed by atoms with Crippen LogP contribution in [0, 0.1) is 6.92 Å². The average molecular weight is 505 g/mol. The first-order valence-corrected chi connectivity index (χ1v) is 15.9. The summed E-state index contributed by atoms with van der Waals surface area (Å²) in [5, 5.41) is 5.82. The Balaban J connectivity index is 1.71. The van der Waals surface area contributed by atoms with Gasteiger partial charge in [-0.15, -0.1) is 0 Å². The van der Waals surface area contributed by atoms with Gasteiger partial charge in [-0.3, -0.25) is 0 Å². The fourth-order valence-corrected chi connectivity index (χ4v) is 5.34. The van der Waals surface area contributed by atoms with Crippen molar-refractivity contribution in [1.29, 1.82) is 0 Å². The summed E-state index contributed by atoms with van der Waals surface area (Å²) in [6.07, 6.45) is 0. The van der Waals surface area contributed by atoms with Crippen LogP contribution in [0.4, 0.5) is 5.69 Å². The Morgan fingerprint density at radius 1 is 1.11 bits per heavy atom. The van der Waals surface area contributed by atoms with Gasteiger partial charge < -0.3 is 18.8 Å². The molecule has 0 spiro atoms. The molecule has 0 radical (unpaired) electrons. The average Bonchev–Trinajstić information content (AvgIpc) is 3.49. The highest BCUT2D eigenvalue weighted by molar-refractivity contribution is 6.87. The number of furan rings is 1. The van der Waals surface area contributed by atoms with E-state index >= 15 is 0 Å². The number of ether oxygens (including phenoxy) is 2. The topological polar surface area (TPSA) is 82.6 Å². The molecule has 1 fully saturated rings. The van der Waals surface area contributed by atoms with Crippen LogP contribution < -0.4 is 10.3 Å². The zero-order valence-electron chi connectivity index (χ0n) is 21.5. The second-order valence-electron chi connectivity index (χ2n) is 10.1. The van der Waals surface area contributed by atoms with Crippen LogP contribution in [0.25, 0.3) is 28.2 Å². The molecule has 0 atom stereocenters. The van der Waals surface area contributed by atoms with Gasteiger partial charge >= 0.3 is 5.97 Å². The first kappa shape index (κ1) is 24.3. The van der Waals surface area contributed by atoms with E-state index in [2.05, 4.69) is 24.5 Å². The third-order valence-electron chi connectivity index (χ3n) is 6.26. The van der Waals surface area contributed by atoms with E-state index in [1.165, 1.54) is 0 Å². The minimum atomic E-state index is -1.72. The predicted octanol–water partition coefficient (Wildman–Crippen LogP) is 4.55. The number of pyridine rings is 1. The van der Waals surface area contributed by atoms with Crippen LogP contribution in [-0.4, -0.2) is 61.7 Å². The Morgan fingerprint density at radius 2 is 1.89 bits per heavy atom. The van der Waals surface area contributed by atoms with Gasteiger partial charge in [-0.25, -0.2) is 14.5 Å². The number of esters is 1. The third-order valence-corrected chi connectivity index (χ3v) is 7.99. The monoisotopic (exact) mass is 504 g/mol. The van der Waals surface area contributed by atoms with Crippen molar-refractivity contribution in [2.75, 3.05) is 37.8 Å². The second-order valence-corrected chi connectivity index (χ2v) is 15.1. The summed E-state index contributed by atoms with van der Waals surface area (Å²) in [7, 11) is -1.72. The first-order chi connectivity index (χ1) is 17.2. The van der Waals surface area contributed by atoms with Gasteiger partial charge in [0.2, 0.25) is 0 Å². The van der Waals surface area contributed by atoms with Crippen molar-refractivity contribution in [2.24, 2.45) is 0 Å². The van der Waals surface area contributed by atoms with E-state index in [0.717, 1.165) is 46.4 Å². The smallest absolute Gasteiger partial charge is 0.357 e. The highest BCUT2D eigenvalue weighted by Gasteiger charge is 2.27. The summed E-state index contributed by atoms with van der Waals surface area (Å²) in [5.74, 6) is 0.113. The number of carbonyl (C=O) groups excluding carboxylic acids is 1. The molecule has 1 aliphatic rings. The van der Waals surface area contributed by atoms with E-state index in [0.29, 0.717) is 30.4 Å². The predicted molar refractivity (Wildman–Crippen MR) is 143 cm³/mol. The van der Waals surface area contributed by atoms with Crippen LogP contribution in [-0.2, 0) is 9.47 Å². The number of aromatic nitrogens is 3. The lowest BCUT2D eigenvalue weighted by atomic mass is 10.1. The summed E-state index contributed by atoms with van der Waals surface area (Å²) < 4.78 is 19.0. The maximum atomic E-state index is 13.0. The lowest BCUT2D eigenvalue weighted by molar-refractivity contribution is 0.0515. The molecule has 4 aromatic rings. The lowest BCUT2D eigenvalue weighted by Crippen LogP contribution is -2.37. The Hall–Kier alpha value is -3.43. The van der Waals surface area contributed by atoms with Crippen molar-refractivity contribution in [2.45, 2.75) is 33.5 Å². The molecule has 1 saturated heterocycles. The molecule has 5 rings (SSSR count). The Bertz CT molecular complexity index is 1410. The summed E-state index contributed by atoms with van der Waals surface area (Å²) >= 11 is 0. The zero-order valence-corrected chi connectivity index (χ0v) is 22.5. The number of fused-ring (bicyclic) bond motifs is 1. The zero-order chi connectivity index (χ0) is 25.4. The van der Waals surface area contributed by atoms with Gasteiger partial charge in [0.25, 0.3) is 0 Å². The molecule has 1 aromatic carbocycles. The quantitative estimate of drug-likeness (QED) is 0.281. The largest absolute Gasteiger partial charge is 0.462 e. The molecule has 0 saturated carbocycles. The molecule has 9 heteroatoms. The van der Waals surface area contributed by atoms with Crippen LogP contribution >= 0.6 is 0 Å². The fraction of sp³-hybridized carbons (Fsp3) is 0.370. The maximum absolute atomic E-state index is 13.0. The molecule has 0 unspecified atom stereocenters. The van der Waals surface area contributed by atoms with Crippen molar-refractivity contribution >= 4 is 36.2 Å². The standard InChI is InChI=1S/C27H32N4O4Si/c1-6-34-27(32)23-15-20(19-9-7-8-18(2)14-19)29-31(23)24-17-22(30-10-12-33-13-11-30)26-21(28-24)16-25(35-26)36(3,4)5/h7-9,14-17H,6,10-13H2,1-5H3.